The molecule has 3 aromatic rings. The standard InChI is InChI=1S/C32H32N4O4/c37-28(33-18-21-17-22(20-33)26-13-8-15-29(38)35(26)19-21)14-2-1-7-16-34-30-23-9-3-4-10-24(23)32(40)36(30)27-12-6-5-11-25(27)31(34)39/h3-6,8-13,15,21-22,30H,1-2,7,14,16-20H2/t21-,22+,30?/m1/s1. The molecule has 2 aromatic carbocycles. The van der Waals surface area contributed by atoms with Crippen LogP contribution < -0.4 is 10.5 Å². The average Bonchev–Trinajstić information content (AvgIpc) is 3.27. The predicted molar refractivity (Wildman–Crippen MR) is 150 cm³/mol. The van der Waals surface area contributed by atoms with E-state index in [1.54, 1.807) is 17.0 Å². The first kappa shape index (κ1) is 24.8. The van der Waals surface area contributed by atoms with Gasteiger partial charge in [0, 0.05) is 61.4 Å². The Kier molecular flexibility index (Phi) is 6.06. The van der Waals surface area contributed by atoms with E-state index in [-0.39, 0.29) is 29.2 Å². The Morgan fingerprint density at radius 1 is 0.775 bits per heavy atom. The molecule has 4 aliphatic rings. The Morgan fingerprint density at radius 3 is 2.45 bits per heavy atom. The molecule has 0 spiro atoms. The van der Waals surface area contributed by atoms with E-state index in [9.17, 15) is 19.2 Å². The van der Waals surface area contributed by atoms with Gasteiger partial charge in [0.25, 0.3) is 17.4 Å². The van der Waals surface area contributed by atoms with Gasteiger partial charge in [-0.25, -0.2) is 0 Å². The lowest BCUT2D eigenvalue weighted by Gasteiger charge is -2.42. The number of carbonyl (C=O) groups excluding carboxylic acids is 3. The van der Waals surface area contributed by atoms with E-state index in [0.29, 0.717) is 55.3 Å². The van der Waals surface area contributed by atoms with Crippen LogP contribution in [0.1, 0.15) is 76.2 Å². The zero-order chi connectivity index (χ0) is 27.4. The molecular weight excluding hydrogens is 504 g/mol. The Bertz CT molecular complexity index is 1580. The molecule has 40 heavy (non-hydrogen) atoms. The van der Waals surface area contributed by atoms with Crippen molar-refractivity contribution in [1.82, 2.24) is 14.4 Å². The van der Waals surface area contributed by atoms with Crippen LogP contribution in [-0.4, -0.2) is 51.7 Å². The van der Waals surface area contributed by atoms with Gasteiger partial charge in [-0.05, 0) is 49.4 Å². The van der Waals surface area contributed by atoms with Crippen LogP contribution in [0.25, 0.3) is 0 Å². The molecule has 5 heterocycles. The van der Waals surface area contributed by atoms with Crippen LogP contribution in [0.3, 0.4) is 0 Å². The highest BCUT2D eigenvalue weighted by Gasteiger charge is 2.47. The lowest BCUT2D eigenvalue weighted by Crippen LogP contribution is -2.49. The number of unbranched alkanes of at least 4 members (excludes halogenated alkanes) is 2. The van der Waals surface area contributed by atoms with Gasteiger partial charge in [-0.2, -0.15) is 0 Å². The molecule has 3 atom stereocenters. The SMILES string of the molecule is O=C(CCCCCN1C(=O)c2ccccc2N2C(=O)c3ccccc3C12)N1C[C@H]2C[C@@H](C1)c1cccc(=O)n1C2. The van der Waals surface area contributed by atoms with Crippen molar-refractivity contribution in [2.24, 2.45) is 5.92 Å². The molecule has 0 radical (unpaired) electrons. The van der Waals surface area contributed by atoms with Crippen LogP contribution in [0.2, 0.25) is 0 Å². The number of hydrogen-bond donors (Lipinski definition) is 0. The van der Waals surface area contributed by atoms with Gasteiger partial charge >= 0.3 is 0 Å². The molecule has 3 amide bonds. The molecule has 1 unspecified atom stereocenters. The summed E-state index contributed by atoms with van der Waals surface area (Å²) in [5.74, 6) is 0.582. The number of aromatic nitrogens is 1. The molecule has 0 aliphatic carbocycles. The molecule has 2 bridgehead atoms. The van der Waals surface area contributed by atoms with Gasteiger partial charge < -0.3 is 14.4 Å². The number of likely N-dealkylation sites (tertiary alicyclic amines) is 1. The second kappa shape index (κ2) is 9.77. The highest BCUT2D eigenvalue weighted by atomic mass is 16.2. The molecule has 1 aromatic heterocycles. The number of piperidine rings is 1. The summed E-state index contributed by atoms with van der Waals surface area (Å²) >= 11 is 0. The quantitative estimate of drug-likeness (QED) is 0.443. The van der Waals surface area contributed by atoms with Gasteiger partial charge in [-0.3, -0.25) is 24.1 Å². The molecule has 1 fully saturated rings. The first-order valence-electron chi connectivity index (χ1n) is 14.3. The molecule has 7 rings (SSSR count). The number of benzene rings is 2. The summed E-state index contributed by atoms with van der Waals surface area (Å²) in [6.45, 7) is 2.59. The van der Waals surface area contributed by atoms with Crippen molar-refractivity contribution in [3.05, 3.63) is 99.5 Å². The summed E-state index contributed by atoms with van der Waals surface area (Å²) in [5, 5.41) is 0. The maximum absolute atomic E-state index is 13.6. The van der Waals surface area contributed by atoms with Crippen LogP contribution in [-0.2, 0) is 11.3 Å². The second-order valence-corrected chi connectivity index (χ2v) is 11.5. The maximum Gasteiger partial charge on any atom is 0.260 e. The summed E-state index contributed by atoms with van der Waals surface area (Å²) in [5.41, 5.74) is 3.83. The minimum absolute atomic E-state index is 0.0521. The smallest absolute Gasteiger partial charge is 0.260 e. The molecule has 4 aliphatic heterocycles. The summed E-state index contributed by atoms with van der Waals surface area (Å²) in [7, 11) is 0. The number of fused-ring (bicyclic) bond motifs is 9. The Balaban J connectivity index is 0.985. The summed E-state index contributed by atoms with van der Waals surface area (Å²) in [4.78, 5) is 57.9. The number of anilines is 1. The van der Waals surface area contributed by atoms with Crippen molar-refractivity contribution >= 4 is 23.4 Å². The van der Waals surface area contributed by atoms with Crippen molar-refractivity contribution in [2.75, 3.05) is 24.5 Å². The molecule has 8 heteroatoms. The zero-order valence-corrected chi connectivity index (χ0v) is 22.4. The normalized spacial score (nSPS) is 22.5. The molecule has 8 nitrogen and oxygen atoms in total. The van der Waals surface area contributed by atoms with Crippen molar-refractivity contribution < 1.29 is 14.4 Å². The van der Waals surface area contributed by atoms with E-state index < -0.39 is 6.17 Å². The van der Waals surface area contributed by atoms with Crippen LogP contribution in [0.4, 0.5) is 5.69 Å². The molecule has 204 valence electrons. The third-order valence-corrected chi connectivity index (χ3v) is 9.00. The van der Waals surface area contributed by atoms with Crippen molar-refractivity contribution in [2.45, 2.75) is 50.7 Å². The van der Waals surface area contributed by atoms with Crippen molar-refractivity contribution in [3.8, 4) is 0 Å². The number of pyridine rings is 1. The second-order valence-electron chi connectivity index (χ2n) is 11.5. The van der Waals surface area contributed by atoms with Crippen LogP contribution >= 0.6 is 0 Å². The van der Waals surface area contributed by atoms with Gasteiger partial charge in [0.2, 0.25) is 5.91 Å². The Labute approximate surface area is 232 Å². The first-order valence-corrected chi connectivity index (χ1v) is 14.3. The number of rotatable bonds is 6. The minimum atomic E-state index is -0.434. The highest BCUT2D eigenvalue weighted by molar-refractivity contribution is 6.16. The fraction of sp³-hybridized carbons (Fsp3) is 0.375. The van der Waals surface area contributed by atoms with Crippen LogP contribution in [0.15, 0.2) is 71.5 Å². The van der Waals surface area contributed by atoms with E-state index in [0.717, 1.165) is 36.9 Å². The number of hydrogen-bond acceptors (Lipinski definition) is 4. The molecule has 0 saturated carbocycles. The minimum Gasteiger partial charge on any atom is -0.342 e. The van der Waals surface area contributed by atoms with E-state index in [4.69, 9.17) is 0 Å². The Hall–Kier alpha value is -4.20. The average molecular weight is 537 g/mol. The van der Waals surface area contributed by atoms with E-state index in [1.165, 1.54) is 0 Å². The number of amides is 3. The van der Waals surface area contributed by atoms with E-state index >= 15 is 0 Å². The third-order valence-electron chi connectivity index (χ3n) is 9.00. The molecule has 0 N–H and O–H groups in total. The van der Waals surface area contributed by atoms with E-state index in [1.807, 2.05) is 69.0 Å². The van der Waals surface area contributed by atoms with Gasteiger partial charge in [0.15, 0.2) is 0 Å². The van der Waals surface area contributed by atoms with Gasteiger partial charge in [-0.1, -0.05) is 42.8 Å². The fourth-order valence-electron chi connectivity index (χ4n) is 7.19. The van der Waals surface area contributed by atoms with Crippen molar-refractivity contribution in [3.63, 3.8) is 0 Å². The van der Waals surface area contributed by atoms with Gasteiger partial charge in [0.05, 0.1) is 11.3 Å². The van der Waals surface area contributed by atoms with E-state index in [2.05, 4.69) is 0 Å². The lowest BCUT2D eigenvalue weighted by atomic mass is 9.83. The summed E-state index contributed by atoms with van der Waals surface area (Å²) in [6, 6.07) is 20.3. The Morgan fingerprint density at radius 2 is 1.57 bits per heavy atom. The fourth-order valence-corrected chi connectivity index (χ4v) is 7.19. The molecular formula is C32H32N4O4. The van der Waals surface area contributed by atoms with Crippen LogP contribution in [0.5, 0.6) is 0 Å². The largest absolute Gasteiger partial charge is 0.342 e. The predicted octanol–water partition coefficient (Wildman–Crippen LogP) is 4.17. The number of carbonyl (C=O) groups is 3. The van der Waals surface area contributed by atoms with Gasteiger partial charge in [0.1, 0.15) is 6.17 Å². The maximum atomic E-state index is 13.6. The van der Waals surface area contributed by atoms with Crippen molar-refractivity contribution in [1.29, 1.82) is 0 Å². The number of para-hydroxylation sites is 1. The summed E-state index contributed by atoms with van der Waals surface area (Å²) in [6.07, 6.45) is 3.40. The zero-order valence-electron chi connectivity index (χ0n) is 22.4. The first-order chi connectivity index (χ1) is 19.5. The summed E-state index contributed by atoms with van der Waals surface area (Å²) < 4.78 is 1.89. The van der Waals surface area contributed by atoms with Gasteiger partial charge in [-0.15, -0.1) is 0 Å². The monoisotopic (exact) mass is 536 g/mol. The topological polar surface area (TPSA) is 82.9 Å². The number of nitrogens with zero attached hydrogens (tertiary/aromatic N) is 4. The third kappa shape index (κ3) is 3.96. The van der Waals surface area contributed by atoms with Crippen LogP contribution in [0, 0.1) is 5.92 Å². The lowest BCUT2D eigenvalue weighted by molar-refractivity contribution is -0.134. The highest BCUT2D eigenvalue weighted by Crippen LogP contribution is 2.45. The molecule has 1 saturated heterocycles.